The van der Waals surface area contributed by atoms with Gasteiger partial charge in [-0.25, -0.2) is 0 Å². The third-order valence-corrected chi connectivity index (χ3v) is 19.0. The van der Waals surface area contributed by atoms with Crippen molar-refractivity contribution in [1.29, 1.82) is 0 Å². The monoisotopic (exact) mass is 830 g/mol. The number of halogens is 6. The molecule has 0 aromatic heterocycles. The summed E-state index contributed by atoms with van der Waals surface area (Å²) < 4.78 is -0.165. The SMILES string of the molecule is CC(C)(C)c1ccc2c(c1)-c1cc(C(C)(C)C)ccc1[CH]2[Zr]([C]1=CC=CC1)=[C](c1cccc(C(Cl)(Cl)Cl)c1)c1cccc(C(Cl)(Cl)Cl)c1. The molecule has 0 amide bonds. The van der Waals surface area contributed by atoms with Gasteiger partial charge in [0.25, 0.3) is 0 Å². The third-order valence-electron chi connectivity index (χ3n) is 9.38. The van der Waals surface area contributed by atoms with Crippen LogP contribution in [0.5, 0.6) is 0 Å². The van der Waals surface area contributed by atoms with Gasteiger partial charge in [-0.05, 0) is 0 Å². The molecule has 48 heavy (non-hydrogen) atoms. The van der Waals surface area contributed by atoms with Crippen LogP contribution >= 0.6 is 69.6 Å². The molecule has 7 heteroatoms. The van der Waals surface area contributed by atoms with E-state index >= 15 is 0 Å². The van der Waals surface area contributed by atoms with Gasteiger partial charge in [-0.15, -0.1) is 0 Å². The molecule has 248 valence electrons. The second-order valence-corrected chi connectivity index (χ2v) is 25.6. The van der Waals surface area contributed by atoms with E-state index in [2.05, 4.69) is 108 Å². The Morgan fingerprint density at radius 1 is 0.583 bits per heavy atom. The van der Waals surface area contributed by atoms with Crippen LogP contribution in [-0.2, 0) is 39.7 Å². The summed E-state index contributed by atoms with van der Waals surface area (Å²) in [5.41, 5.74) is 11.5. The molecule has 0 bridgehead atoms. The summed E-state index contributed by atoms with van der Waals surface area (Å²) in [7, 11) is 0. The molecule has 0 saturated heterocycles. The molecular weight excluding hydrogens is 796 g/mol. The summed E-state index contributed by atoms with van der Waals surface area (Å²) in [6.07, 6.45) is 7.72. The van der Waals surface area contributed by atoms with Gasteiger partial charge in [-0.3, -0.25) is 0 Å². The second kappa shape index (κ2) is 13.4. The third kappa shape index (κ3) is 7.42. The molecule has 0 radical (unpaired) electrons. The minimum atomic E-state index is -3.06. The number of fused-ring (bicyclic) bond motifs is 3. The topological polar surface area (TPSA) is 0 Å². The number of hydrogen-bond donors (Lipinski definition) is 0. The predicted octanol–water partition coefficient (Wildman–Crippen LogP) is 13.7. The summed E-state index contributed by atoms with van der Waals surface area (Å²) in [4.78, 5) is 0. The van der Waals surface area contributed by atoms with Gasteiger partial charge in [0.05, 0.1) is 0 Å². The van der Waals surface area contributed by atoms with E-state index in [0.29, 0.717) is 11.1 Å². The second-order valence-electron chi connectivity index (χ2n) is 14.8. The van der Waals surface area contributed by atoms with Crippen molar-refractivity contribution < 1.29 is 21.3 Å². The number of benzene rings is 4. The Morgan fingerprint density at radius 2 is 1.04 bits per heavy atom. The van der Waals surface area contributed by atoms with Crippen LogP contribution in [0, 0.1) is 0 Å². The number of hydrogen-bond acceptors (Lipinski definition) is 0. The Bertz CT molecular complexity index is 1870. The first-order valence-electron chi connectivity index (χ1n) is 16.1. The Balaban J connectivity index is 1.75. The van der Waals surface area contributed by atoms with Crippen LogP contribution < -0.4 is 0 Å². The van der Waals surface area contributed by atoms with Crippen LogP contribution in [0.3, 0.4) is 0 Å². The number of allylic oxidation sites excluding steroid dienone is 4. The zero-order chi connectivity index (χ0) is 34.8. The Hall–Kier alpha value is -1.15. The summed E-state index contributed by atoms with van der Waals surface area (Å²) in [5, 5.41) is 0. The van der Waals surface area contributed by atoms with Crippen LogP contribution in [0.4, 0.5) is 0 Å². The molecule has 0 unspecified atom stereocenters. The Morgan fingerprint density at radius 3 is 1.42 bits per heavy atom. The Labute approximate surface area is 323 Å². The van der Waals surface area contributed by atoms with Crippen molar-refractivity contribution in [2.45, 2.75) is 70.0 Å². The maximum atomic E-state index is 6.50. The van der Waals surface area contributed by atoms with Crippen molar-refractivity contribution in [3.8, 4) is 11.1 Å². The van der Waals surface area contributed by atoms with Crippen molar-refractivity contribution in [2.75, 3.05) is 0 Å². The number of alkyl halides is 6. The van der Waals surface area contributed by atoms with Crippen LogP contribution in [0.15, 0.2) is 106 Å². The summed E-state index contributed by atoms with van der Waals surface area (Å²) >= 11 is 35.9. The van der Waals surface area contributed by atoms with Crippen molar-refractivity contribution in [3.63, 3.8) is 0 Å². The van der Waals surface area contributed by atoms with Crippen LogP contribution in [0.2, 0.25) is 0 Å². The van der Waals surface area contributed by atoms with E-state index < -0.39 is 28.9 Å². The van der Waals surface area contributed by atoms with Crippen LogP contribution in [0.1, 0.15) is 96.1 Å². The van der Waals surface area contributed by atoms with Gasteiger partial charge in [0.15, 0.2) is 0 Å². The van der Waals surface area contributed by atoms with E-state index in [1.54, 1.807) is 0 Å². The fourth-order valence-electron chi connectivity index (χ4n) is 6.81. The maximum absolute atomic E-state index is 6.50. The molecular formula is C41H38Cl6Zr. The molecule has 4 aromatic carbocycles. The van der Waals surface area contributed by atoms with E-state index in [4.69, 9.17) is 69.6 Å². The molecule has 0 saturated carbocycles. The minimum absolute atomic E-state index is 0.0148. The van der Waals surface area contributed by atoms with E-state index in [1.165, 1.54) is 39.9 Å². The molecule has 0 N–H and O–H groups in total. The quantitative estimate of drug-likeness (QED) is 0.180. The van der Waals surface area contributed by atoms with E-state index in [-0.39, 0.29) is 14.5 Å². The van der Waals surface area contributed by atoms with E-state index in [0.717, 1.165) is 17.5 Å². The zero-order valence-corrected chi connectivity index (χ0v) is 34.9. The van der Waals surface area contributed by atoms with E-state index in [9.17, 15) is 0 Å². The van der Waals surface area contributed by atoms with Crippen molar-refractivity contribution in [1.82, 2.24) is 0 Å². The van der Waals surface area contributed by atoms with Crippen molar-refractivity contribution in [3.05, 3.63) is 151 Å². The summed E-state index contributed by atoms with van der Waals surface area (Å²) in [6.45, 7) is 13.7. The molecule has 0 aliphatic heterocycles. The standard InChI is InChI=1S/C21H25.C15H8Cl6.C5H5.Zr/c1-20(2,3)16-9-7-14-11-15-8-10-17(21(4,5)6)13-19(15)18(14)12-16;16-14(17,18)12-5-1-3-10(8-12)7-11-4-2-6-13(9-11)15(19,20)21;1-2-4-5-3-1;/h7-13H,1-6H3;1-6,8-9H;1-3H,4H2;. The molecule has 6 rings (SSSR count). The summed E-state index contributed by atoms with van der Waals surface area (Å²) in [5.74, 6) is 0. The van der Waals surface area contributed by atoms with Gasteiger partial charge >= 0.3 is 326 Å². The van der Waals surface area contributed by atoms with Gasteiger partial charge in [0.1, 0.15) is 0 Å². The molecule has 2 aliphatic carbocycles. The molecule has 2 aliphatic rings. The van der Waals surface area contributed by atoms with Gasteiger partial charge in [0.2, 0.25) is 0 Å². The van der Waals surface area contributed by atoms with Gasteiger partial charge in [-0.2, -0.15) is 0 Å². The predicted molar refractivity (Wildman–Crippen MR) is 208 cm³/mol. The average molecular weight is 835 g/mol. The van der Waals surface area contributed by atoms with Crippen LogP contribution in [0.25, 0.3) is 11.1 Å². The Kier molecular flexibility index (Phi) is 10.3. The number of rotatable bonds is 4. The zero-order valence-electron chi connectivity index (χ0n) is 27.9. The first-order chi connectivity index (χ1) is 22.3. The average Bonchev–Trinajstić information content (AvgIpc) is 3.64. The fraction of sp³-hybridized carbons (Fsp3) is 0.293. The first kappa shape index (κ1) is 36.6. The van der Waals surface area contributed by atoms with Gasteiger partial charge in [-0.1, -0.05) is 0 Å². The molecule has 0 atom stereocenters. The van der Waals surface area contributed by atoms with Gasteiger partial charge < -0.3 is 0 Å². The van der Waals surface area contributed by atoms with Gasteiger partial charge in [0, 0.05) is 0 Å². The van der Waals surface area contributed by atoms with Crippen LogP contribution in [-0.4, -0.2) is 3.21 Å². The molecule has 0 fully saturated rings. The summed E-state index contributed by atoms with van der Waals surface area (Å²) in [6, 6.07) is 30.4. The molecule has 0 heterocycles. The van der Waals surface area contributed by atoms with Crippen molar-refractivity contribution in [2.24, 2.45) is 0 Å². The first-order valence-corrected chi connectivity index (χ1v) is 22.2. The fourth-order valence-corrected chi connectivity index (χ4v) is 16.5. The normalized spacial score (nSPS) is 15.0. The molecule has 0 spiro atoms. The van der Waals surface area contributed by atoms with E-state index in [1.807, 2.05) is 36.4 Å². The van der Waals surface area contributed by atoms with Crippen molar-refractivity contribution >= 4 is 72.8 Å². The molecule has 0 nitrogen and oxygen atoms in total. The molecule has 4 aromatic rings.